The molecule has 0 saturated heterocycles. The summed E-state index contributed by atoms with van der Waals surface area (Å²) in [4.78, 5) is 21.8. The molecule has 6 N–H and O–H groups in total. The minimum Gasteiger partial charge on any atom is -0.397 e. The van der Waals surface area contributed by atoms with E-state index < -0.39 is 5.91 Å². The van der Waals surface area contributed by atoms with Crippen LogP contribution in [0.25, 0.3) is 0 Å². The minimum absolute atomic E-state index is 0.00349. The first-order valence-electron chi connectivity index (χ1n) is 4.68. The molecule has 0 heterocycles. The summed E-state index contributed by atoms with van der Waals surface area (Å²) < 4.78 is 0. The Morgan fingerprint density at radius 1 is 1.38 bits per heavy atom. The van der Waals surface area contributed by atoms with Crippen LogP contribution in [0.1, 0.15) is 10.4 Å². The third-order valence-electron chi connectivity index (χ3n) is 1.99. The highest BCUT2D eigenvalue weighted by molar-refractivity contribution is 5.96. The molecule has 1 aromatic carbocycles. The third kappa shape index (κ3) is 2.88. The Balaban J connectivity index is 2.83. The number of hydrogen-bond donors (Lipinski definition) is 4. The third-order valence-corrected chi connectivity index (χ3v) is 1.99. The monoisotopic (exact) mass is 222 g/mol. The number of benzene rings is 1. The van der Waals surface area contributed by atoms with Crippen molar-refractivity contribution in [2.45, 2.75) is 0 Å². The lowest BCUT2D eigenvalue weighted by molar-refractivity contribution is -0.116. The molecular weight excluding hydrogens is 208 g/mol. The predicted octanol–water partition coefficient (Wildman–Crippen LogP) is -0.474. The summed E-state index contributed by atoms with van der Waals surface area (Å²) in [5, 5.41) is 5.25. The molecule has 0 fully saturated rings. The number of anilines is 2. The summed E-state index contributed by atoms with van der Waals surface area (Å²) in [6, 6.07) is 4.77. The molecule has 16 heavy (non-hydrogen) atoms. The molecule has 6 heteroatoms. The maximum absolute atomic E-state index is 11.3. The first kappa shape index (κ1) is 11.8. The van der Waals surface area contributed by atoms with E-state index in [2.05, 4.69) is 10.6 Å². The van der Waals surface area contributed by atoms with Gasteiger partial charge in [0.15, 0.2) is 0 Å². The van der Waals surface area contributed by atoms with Gasteiger partial charge in [-0.1, -0.05) is 0 Å². The van der Waals surface area contributed by atoms with Crippen molar-refractivity contribution in [2.24, 2.45) is 5.73 Å². The zero-order chi connectivity index (χ0) is 12.1. The zero-order valence-corrected chi connectivity index (χ0v) is 8.91. The largest absolute Gasteiger partial charge is 0.397 e. The second-order valence-electron chi connectivity index (χ2n) is 3.20. The lowest BCUT2D eigenvalue weighted by Crippen LogP contribution is -2.22. The number of primary amides is 1. The van der Waals surface area contributed by atoms with E-state index >= 15 is 0 Å². The number of hydrogen-bond acceptors (Lipinski definition) is 4. The van der Waals surface area contributed by atoms with Crippen LogP contribution < -0.4 is 22.1 Å². The molecule has 1 rings (SSSR count). The van der Waals surface area contributed by atoms with E-state index in [9.17, 15) is 9.59 Å². The second-order valence-corrected chi connectivity index (χ2v) is 3.20. The highest BCUT2D eigenvalue weighted by atomic mass is 16.2. The second kappa shape index (κ2) is 5.01. The first-order chi connectivity index (χ1) is 7.54. The Labute approximate surface area is 93.0 Å². The molecule has 0 atom stereocenters. The van der Waals surface area contributed by atoms with Gasteiger partial charge in [-0.15, -0.1) is 0 Å². The quantitative estimate of drug-likeness (QED) is 0.516. The van der Waals surface area contributed by atoms with Crippen molar-refractivity contribution in [3.8, 4) is 0 Å². The highest BCUT2D eigenvalue weighted by Gasteiger charge is 2.06. The number of carbonyl (C=O) groups excluding carboxylic acids is 2. The van der Waals surface area contributed by atoms with E-state index in [1.807, 2.05) is 0 Å². The van der Waals surface area contributed by atoms with Crippen molar-refractivity contribution >= 4 is 23.2 Å². The normalized spacial score (nSPS) is 9.56. The van der Waals surface area contributed by atoms with E-state index in [1.54, 1.807) is 12.1 Å². The standard InChI is InChI=1S/C10H14N4O2/c1-13-10(16)6-2-3-8(7(11)4-6)14-5-9(12)15/h2-4,14H,5,11H2,1H3,(H2,12,15)(H,13,16). The van der Waals surface area contributed by atoms with Crippen molar-refractivity contribution < 1.29 is 9.59 Å². The van der Waals surface area contributed by atoms with Gasteiger partial charge in [0.25, 0.3) is 5.91 Å². The summed E-state index contributed by atoms with van der Waals surface area (Å²) in [5.74, 6) is -0.692. The topological polar surface area (TPSA) is 110 Å². The average Bonchev–Trinajstić information content (AvgIpc) is 2.26. The predicted molar refractivity (Wildman–Crippen MR) is 61.9 cm³/mol. The Hall–Kier alpha value is -2.24. The molecular formula is C10H14N4O2. The van der Waals surface area contributed by atoms with Crippen LogP contribution in [0.4, 0.5) is 11.4 Å². The summed E-state index contributed by atoms with van der Waals surface area (Å²) in [7, 11) is 1.54. The molecule has 0 unspecified atom stereocenters. The molecule has 0 bridgehead atoms. The zero-order valence-electron chi connectivity index (χ0n) is 8.91. The molecule has 0 aromatic heterocycles. The molecule has 0 spiro atoms. The molecule has 86 valence electrons. The lowest BCUT2D eigenvalue weighted by atomic mass is 10.1. The maximum Gasteiger partial charge on any atom is 0.251 e. The first-order valence-corrected chi connectivity index (χ1v) is 4.68. The van der Waals surface area contributed by atoms with Crippen molar-refractivity contribution in [1.29, 1.82) is 0 Å². The van der Waals surface area contributed by atoms with Gasteiger partial charge in [-0.2, -0.15) is 0 Å². The Morgan fingerprint density at radius 2 is 2.06 bits per heavy atom. The van der Waals surface area contributed by atoms with Gasteiger partial charge in [0.1, 0.15) is 0 Å². The van der Waals surface area contributed by atoms with Gasteiger partial charge in [0.05, 0.1) is 17.9 Å². The van der Waals surface area contributed by atoms with Crippen LogP contribution in [0.15, 0.2) is 18.2 Å². The van der Waals surface area contributed by atoms with Crippen molar-refractivity contribution in [3.05, 3.63) is 23.8 Å². The number of nitrogens with two attached hydrogens (primary N) is 2. The van der Waals surface area contributed by atoms with Gasteiger partial charge in [0.2, 0.25) is 5.91 Å². The van der Waals surface area contributed by atoms with E-state index in [1.165, 1.54) is 13.1 Å². The van der Waals surface area contributed by atoms with E-state index in [4.69, 9.17) is 11.5 Å². The summed E-state index contributed by atoms with van der Waals surface area (Å²) in [5.41, 5.74) is 12.1. The highest BCUT2D eigenvalue weighted by Crippen LogP contribution is 2.19. The fourth-order valence-corrected chi connectivity index (χ4v) is 1.19. The Kier molecular flexibility index (Phi) is 3.71. The van der Waals surface area contributed by atoms with Gasteiger partial charge < -0.3 is 22.1 Å². The van der Waals surface area contributed by atoms with Crippen LogP contribution in [-0.2, 0) is 4.79 Å². The molecule has 2 amide bonds. The Morgan fingerprint density at radius 3 is 2.56 bits per heavy atom. The summed E-state index contributed by atoms with van der Waals surface area (Å²) in [6.45, 7) is 0.00349. The number of nitrogens with one attached hydrogen (secondary N) is 2. The van der Waals surface area contributed by atoms with Crippen LogP contribution in [0.2, 0.25) is 0 Å². The molecule has 0 radical (unpaired) electrons. The number of carbonyl (C=O) groups is 2. The molecule has 0 aliphatic rings. The molecule has 0 aliphatic heterocycles. The molecule has 1 aromatic rings. The van der Waals surface area contributed by atoms with E-state index in [0.29, 0.717) is 16.9 Å². The molecule has 6 nitrogen and oxygen atoms in total. The summed E-state index contributed by atoms with van der Waals surface area (Å²) >= 11 is 0. The van der Waals surface area contributed by atoms with Crippen molar-refractivity contribution in [3.63, 3.8) is 0 Å². The van der Waals surface area contributed by atoms with Crippen LogP contribution in [0, 0.1) is 0 Å². The smallest absolute Gasteiger partial charge is 0.251 e. The average molecular weight is 222 g/mol. The number of rotatable bonds is 4. The summed E-state index contributed by atoms with van der Waals surface area (Å²) in [6.07, 6.45) is 0. The fourth-order valence-electron chi connectivity index (χ4n) is 1.19. The van der Waals surface area contributed by atoms with Crippen LogP contribution >= 0.6 is 0 Å². The van der Waals surface area contributed by atoms with Gasteiger partial charge in [0, 0.05) is 12.6 Å². The van der Waals surface area contributed by atoms with Crippen LogP contribution in [-0.4, -0.2) is 25.4 Å². The van der Waals surface area contributed by atoms with E-state index in [0.717, 1.165) is 0 Å². The van der Waals surface area contributed by atoms with Crippen molar-refractivity contribution in [1.82, 2.24) is 5.32 Å². The fraction of sp³-hybridized carbons (Fsp3) is 0.200. The van der Waals surface area contributed by atoms with Crippen LogP contribution in [0.3, 0.4) is 0 Å². The van der Waals surface area contributed by atoms with Gasteiger partial charge in [-0.05, 0) is 18.2 Å². The lowest BCUT2D eigenvalue weighted by Gasteiger charge is -2.08. The van der Waals surface area contributed by atoms with Gasteiger partial charge >= 0.3 is 0 Å². The SMILES string of the molecule is CNC(=O)c1ccc(NCC(N)=O)c(N)c1. The molecule has 0 saturated carbocycles. The van der Waals surface area contributed by atoms with E-state index in [-0.39, 0.29) is 12.5 Å². The van der Waals surface area contributed by atoms with Crippen LogP contribution in [0.5, 0.6) is 0 Å². The number of amides is 2. The minimum atomic E-state index is -0.477. The number of nitrogen functional groups attached to an aromatic ring is 1. The van der Waals surface area contributed by atoms with Crippen molar-refractivity contribution in [2.75, 3.05) is 24.6 Å². The Bertz CT molecular complexity index is 417. The molecule has 0 aliphatic carbocycles. The van der Waals surface area contributed by atoms with Gasteiger partial charge in [-0.3, -0.25) is 9.59 Å². The maximum atomic E-state index is 11.3. The van der Waals surface area contributed by atoms with Gasteiger partial charge in [-0.25, -0.2) is 0 Å².